The van der Waals surface area contributed by atoms with E-state index in [0.717, 1.165) is 75.0 Å². The number of unbranched alkanes of at least 4 members (excludes halogenated alkanes) is 22. The number of nitrogens with one attached hydrogen (secondary N) is 1. The quantitative estimate of drug-likeness (QED) is 0.0538. The van der Waals surface area contributed by atoms with Crippen LogP contribution in [-0.4, -0.2) is 45.4 Å². The molecule has 0 heterocycles. The van der Waals surface area contributed by atoms with Crippen LogP contribution in [0.25, 0.3) is 0 Å². The first-order chi connectivity index (χ1) is 25.1. The van der Waals surface area contributed by atoms with Crippen LogP contribution in [0.4, 0.5) is 0 Å². The lowest BCUT2D eigenvalue weighted by Crippen LogP contribution is -2.09. The first-order valence-corrected chi connectivity index (χ1v) is 21.4. The van der Waals surface area contributed by atoms with E-state index in [1.165, 1.54) is 116 Å². The summed E-state index contributed by atoms with van der Waals surface area (Å²) in [5, 5.41) is 3.19. The second-order valence-corrected chi connectivity index (χ2v) is 14.5. The van der Waals surface area contributed by atoms with Gasteiger partial charge in [-0.3, -0.25) is 9.59 Å². The SMILES string of the molecule is CCCCCCCCCCCCCC(=O)OCCCCOc1cc(CNC)cc(OCCCCOC(=O)CCCCCCCCCCCCC)c1. The van der Waals surface area contributed by atoms with E-state index in [1.807, 2.05) is 25.2 Å². The average Bonchev–Trinajstić information content (AvgIpc) is 3.12. The van der Waals surface area contributed by atoms with Gasteiger partial charge in [-0.1, -0.05) is 142 Å². The van der Waals surface area contributed by atoms with Crippen LogP contribution >= 0.6 is 0 Å². The minimum atomic E-state index is -0.0776. The van der Waals surface area contributed by atoms with Crippen LogP contribution in [0.3, 0.4) is 0 Å². The summed E-state index contributed by atoms with van der Waals surface area (Å²) < 4.78 is 22.9. The molecule has 0 unspecified atom stereocenters. The molecule has 0 atom stereocenters. The lowest BCUT2D eigenvalue weighted by atomic mass is 10.1. The van der Waals surface area contributed by atoms with Gasteiger partial charge >= 0.3 is 11.9 Å². The van der Waals surface area contributed by atoms with Crippen LogP contribution in [0.5, 0.6) is 11.5 Å². The second-order valence-electron chi connectivity index (χ2n) is 14.5. The third kappa shape index (κ3) is 31.0. The maximum Gasteiger partial charge on any atom is 0.305 e. The Kier molecular flexibility index (Phi) is 33.1. The van der Waals surface area contributed by atoms with E-state index in [-0.39, 0.29) is 11.9 Å². The zero-order valence-electron chi connectivity index (χ0n) is 33.5. The predicted molar refractivity (Wildman–Crippen MR) is 213 cm³/mol. The molecule has 1 rings (SSSR count). The zero-order valence-corrected chi connectivity index (χ0v) is 33.5. The fourth-order valence-electron chi connectivity index (χ4n) is 6.28. The third-order valence-corrected chi connectivity index (χ3v) is 9.43. The molecule has 1 aromatic carbocycles. The van der Waals surface area contributed by atoms with Crippen molar-refractivity contribution in [2.45, 2.75) is 200 Å². The van der Waals surface area contributed by atoms with E-state index in [2.05, 4.69) is 19.2 Å². The first-order valence-electron chi connectivity index (χ1n) is 21.4. The van der Waals surface area contributed by atoms with Crippen molar-refractivity contribution >= 4 is 11.9 Å². The number of hydrogen-bond acceptors (Lipinski definition) is 7. The minimum Gasteiger partial charge on any atom is -0.493 e. The lowest BCUT2D eigenvalue weighted by Gasteiger charge is -2.13. The highest BCUT2D eigenvalue weighted by Gasteiger charge is 2.07. The molecular weight excluding hydrogens is 638 g/mol. The van der Waals surface area contributed by atoms with Crippen LogP contribution in [0.2, 0.25) is 0 Å². The number of rotatable bonds is 38. The monoisotopic (exact) mass is 718 g/mol. The van der Waals surface area contributed by atoms with Crippen molar-refractivity contribution in [3.8, 4) is 11.5 Å². The predicted octanol–water partition coefficient (Wildman–Crippen LogP) is 12.2. The topological polar surface area (TPSA) is 83.1 Å². The Labute approximate surface area is 314 Å². The Morgan fingerprint density at radius 2 is 0.784 bits per heavy atom. The van der Waals surface area contributed by atoms with Crippen molar-refractivity contribution in [3.63, 3.8) is 0 Å². The Morgan fingerprint density at radius 3 is 1.14 bits per heavy atom. The first kappa shape index (κ1) is 46.7. The van der Waals surface area contributed by atoms with Crippen molar-refractivity contribution in [2.24, 2.45) is 0 Å². The third-order valence-electron chi connectivity index (χ3n) is 9.43. The number of esters is 2. The van der Waals surface area contributed by atoms with Crippen LogP contribution < -0.4 is 14.8 Å². The molecule has 0 saturated heterocycles. The van der Waals surface area contributed by atoms with Gasteiger partial charge in [-0.25, -0.2) is 0 Å². The molecule has 51 heavy (non-hydrogen) atoms. The molecule has 1 N–H and O–H groups in total. The molecule has 0 radical (unpaired) electrons. The molecule has 0 aliphatic heterocycles. The van der Waals surface area contributed by atoms with Crippen molar-refractivity contribution < 1.29 is 28.5 Å². The Morgan fingerprint density at radius 1 is 0.451 bits per heavy atom. The van der Waals surface area contributed by atoms with Crippen molar-refractivity contribution in [1.29, 1.82) is 0 Å². The van der Waals surface area contributed by atoms with Gasteiger partial charge in [0.2, 0.25) is 0 Å². The molecule has 7 nitrogen and oxygen atoms in total. The molecule has 1 aromatic rings. The van der Waals surface area contributed by atoms with Crippen LogP contribution in [0.15, 0.2) is 18.2 Å². The molecule has 0 amide bonds. The van der Waals surface area contributed by atoms with Gasteiger partial charge in [-0.2, -0.15) is 0 Å². The fourth-order valence-corrected chi connectivity index (χ4v) is 6.28. The molecular formula is C44H79NO6. The second kappa shape index (κ2) is 36.1. The average molecular weight is 718 g/mol. The number of ether oxygens (including phenoxy) is 4. The van der Waals surface area contributed by atoms with Crippen molar-refractivity contribution in [1.82, 2.24) is 5.32 Å². The summed E-state index contributed by atoms with van der Waals surface area (Å²) in [4.78, 5) is 24.2. The zero-order chi connectivity index (χ0) is 36.9. The minimum absolute atomic E-state index is 0.0776. The highest BCUT2D eigenvalue weighted by atomic mass is 16.5. The van der Waals surface area contributed by atoms with Gasteiger partial charge in [0, 0.05) is 25.5 Å². The maximum atomic E-state index is 12.1. The number of hydrogen-bond donors (Lipinski definition) is 1. The van der Waals surface area contributed by atoms with Crippen LogP contribution in [0.1, 0.15) is 199 Å². The van der Waals surface area contributed by atoms with E-state index in [9.17, 15) is 9.59 Å². The number of benzene rings is 1. The highest BCUT2D eigenvalue weighted by molar-refractivity contribution is 5.69. The molecule has 0 aliphatic rings. The van der Waals surface area contributed by atoms with Gasteiger partial charge in [0.25, 0.3) is 0 Å². The summed E-state index contributed by atoms with van der Waals surface area (Å²) in [6.45, 7) is 7.26. The van der Waals surface area contributed by atoms with Gasteiger partial charge < -0.3 is 24.3 Å². The Bertz CT molecular complexity index is 870. The van der Waals surface area contributed by atoms with E-state index >= 15 is 0 Å². The van der Waals surface area contributed by atoms with Crippen LogP contribution in [-0.2, 0) is 25.6 Å². The number of carbonyl (C=O) groups excluding carboxylic acids is 2. The summed E-state index contributed by atoms with van der Waals surface area (Å²) >= 11 is 0. The van der Waals surface area contributed by atoms with Gasteiger partial charge in [-0.05, 0) is 63.3 Å². The molecule has 0 fully saturated rings. The smallest absolute Gasteiger partial charge is 0.305 e. The van der Waals surface area contributed by atoms with Crippen molar-refractivity contribution in [2.75, 3.05) is 33.5 Å². The Balaban J connectivity index is 2.07. The summed E-state index contributed by atoms with van der Waals surface area (Å²) in [6.07, 6.45) is 32.4. The summed E-state index contributed by atoms with van der Waals surface area (Å²) in [7, 11) is 1.92. The Hall–Kier alpha value is -2.28. The lowest BCUT2D eigenvalue weighted by molar-refractivity contribution is -0.144. The summed E-state index contributed by atoms with van der Waals surface area (Å²) in [5.74, 6) is 1.41. The molecule has 296 valence electrons. The highest BCUT2D eigenvalue weighted by Crippen LogP contribution is 2.24. The molecule has 0 spiro atoms. The number of carbonyl (C=O) groups is 2. The fraction of sp³-hybridized carbons (Fsp3) is 0.818. The summed E-state index contributed by atoms with van der Waals surface area (Å²) in [6, 6.07) is 6.00. The van der Waals surface area contributed by atoms with Crippen LogP contribution in [0, 0.1) is 0 Å². The van der Waals surface area contributed by atoms with E-state index in [0.29, 0.717) is 39.3 Å². The van der Waals surface area contributed by atoms with E-state index in [1.54, 1.807) is 0 Å². The standard InChI is InChI=1S/C44H79NO6/c1-4-6-8-10-12-14-16-18-20-22-24-30-43(46)50-34-28-26-32-48-41-36-40(39-45-3)37-42(38-41)49-33-27-29-35-51-44(47)31-25-23-21-19-17-15-13-11-9-7-5-2/h36-38,45H,4-35,39H2,1-3H3. The van der Waals surface area contributed by atoms with Crippen molar-refractivity contribution in [3.05, 3.63) is 23.8 Å². The normalized spacial score (nSPS) is 11.1. The van der Waals surface area contributed by atoms with Gasteiger partial charge in [0.15, 0.2) is 0 Å². The van der Waals surface area contributed by atoms with E-state index < -0.39 is 0 Å². The van der Waals surface area contributed by atoms with Gasteiger partial charge in [0.05, 0.1) is 26.4 Å². The maximum absolute atomic E-state index is 12.1. The van der Waals surface area contributed by atoms with Gasteiger partial charge in [0.1, 0.15) is 11.5 Å². The largest absolute Gasteiger partial charge is 0.493 e. The van der Waals surface area contributed by atoms with Gasteiger partial charge in [-0.15, -0.1) is 0 Å². The van der Waals surface area contributed by atoms with E-state index in [4.69, 9.17) is 18.9 Å². The summed E-state index contributed by atoms with van der Waals surface area (Å²) in [5.41, 5.74) is 1.10. The molecule has 0 saturated carbocycles. The molecule has 0 aliphatic carbocycles. The molecule has 0 aromatic heterocycles. The molecule has 0 bridgehead atoms. The molecule has 7 heteroatoms.